The van der Waals surface area contributed by atoms with E-state index in [1.807, 2.05) is 12.4 Å². The molecule has 0 saturated heterocycles. The fraction of sp³-hybridized carbons (Fsp3) is 0.333. The fourth-order valence-electron chi connectivity index (χ4n) is 2.15. The van der Waals surface area contributed by atoms with Crippen LogP contribution in [-0.4, -0.2) is 14.5 Å². The maximum atomic E-state index is 5.51. The fourth-order valence-corrected chi connectivity index (χ4v) is 2.93. The summed E-state index contributed by atoms with van der Waals surface area (Å²) in [5, 5.41) is 2.09. The van der Waals surface area contributed by atoms with E-state index < -0.39 is 0 Å². The second kappa shape index (κ2) is 5.25. The molecule has 3 rings (SSSR count). The smallest absolute Gasteiger partial charge is 0.197 e. The highest BCUT2D eigenvalue weighted by Crippen LogP contribution is 2.28. The highest BCUT2D eigenvalue weighted by atomic mass is 32.1. The van der Waals surface area contributed by atoms with Crippen molar-refractivity contribution in [3.63, 3.8) is 0 Å². The first kappa shape index (κ1) is 13.1. The van der Waals surface area contributed by atoms with Gasteiger partial charge in [0.1, 0.15) is 12.0 Å². The molecule has 0 radical (unpaired) electrons. The Balaban J connectivity index is 1.97. The van der Waals surface area contributed by atoms with Gasteiger partial charge in [-0.3, -0.25) is 0 Å². The molecule has 0 spiro atoms. The van der Waals surface area contributed by atoms with E-state index in [4.69, 9.17) is 4.42 Å². The lowest BCUT2D eigenvalue weighted by atomic mass is 10.2. The van der Waals surface area contributed by atoms with Crippen LogP contribution in [0.1, 0.15) is 43.5 Å². The first-order valence-corrected chi connectivity index (χ1v) is 7.57. The van der Waals surface area contributed by atoms with E-state index in [1.54, 1.807) is 17.6 Å². The van der Waals surface area contributed by atoms with E-state index in [9.17, 15) is 0 Å². The molecule has 20 heavy (non-hydrogen) atoms. The van der Waals surface area contributed by atoms with Crippen molar-refractivity contribution in [3.05, 3.63) is 46.9 Å². The van der Waals surface area contributed by atoms with Gasteiger partial charge in [0, 0.05) is 23.2 Å². The number of aromatic nitrogens is 3. The van der Waals surface area contributed by atoms with Gasteiger partial charge in [0.05, 0.1) is 6.04 Å². The van der Waals surface area contributed by atoms with Crippen LogP contribution in [0.5, 0.6) is 0 Å². The molecule has 3 aromatic rings. The second-order valence-electron chi connectivity index (χ2n) is 5.08. The van der Waals surface area contributed by atoms with Gasteiger partial charge in [0.2, 0.25) is 0 Å². The number of rotatable bonds is 4. The summed E-state index contributed by atoms with van der Waals surface area (Å²) in [6.45, 7) is 6.30. The van der Waals surface area contributed by atoms with Gasteiger partial charge in [-0.1, -0.05) is 19.9 Å². The van der Waals surface area contributed by atoms with Crippen LogP contribution < -0.4 is 0 Å². The minimum atomic E-state index is 0.242. The molecular weight excluding hydrogens is 270 g/mol. The molecule has 3 aromatic heterocycles. The molecule has 104 valence electrons. The van der Waals surface area contributed by atoms with Gasteiger partial charge in [-0.2, -0.15) is 0 Å². The Morgan fingerprint density at radius 3 is 2.80 bits per heavy atom. The lowest BCUT2D eigenvalue weighted by Crippen LogP contribution is -2.06. The summed E-state index contributed by atoms with van der Waals surface area (Å²) in [6, 6.07) is 4.45. The molecular formula is C15H17N3OS. The molecule has 0 aliphatic heterocycles. The Morgan fingerprint density at radius 1 is 1.30 bits per heavy atom. The van der Waals surface area contributed by atoms with Crippen LogP contribution >= 0.6 is 11.3 Å². The summed E-state index contributed by atoms with van der Waals surface area (Å²) in [5.74, 6) is 1.88. The van der Waals surface area contributed by atoms with Crippen LogP contribution in [0.15, 0.2) is 40.6 Å². The number of nitrogens with zero attached hydrogens (tertiary/aromatic N) is 3. The summed E-state index contributed by atoms with van der Waals surface area (Å²) in [6.07, 6.45) is 5.49. The molecule has 0 saturated carbocycles. The highest BCUT2D eigenvalue weighted by molar-refractivity contribution is 7.10. The van der Waals surface area contributed by atoms with Crippen LogP contribution in [0.25, 0.3) is 11.5 Å². The first-order chi connectivity index (χ1) is 9.66. The molecule has 0 aliphatic rings. The van der Waals surface area contributed by atoms with Crippen LogP contribution in [0.3, 0.4) is 0 Å². The summed E-state index contributed by atoms with van der Waals surface area (Å²) in [5.41, 5.74) is 0.794. The largest absolute Gasteiger partial charge is 0.448 e. The van der Waals surface area contributed by atoms with E-state index in [0.717, 1.165) is 17.4 Å². The third-order valence-electron chi connectivity index (χ3n) is 3.29. The van der Waals surface area contributed by atoms with Crippen molar-refractivity contribution in [1.29, 1.82) is 0 Å². The lowest BCUT2D eigenvalue weighted by molar-refractivity contribution is 0.471. The summed E-state index contributed by atoms with van der Waals surface area (Å²) in [7, 11) is 0. The molecule has 0 N–H and O–H groups in total. The van der Waals surface area contributed by atoms with Crippen molar-refractivity contribution >= 4 is 11.3 Å². The third kappa shape index (κ3) is 2.29. The Kier molecular flexibility index (Phi) is 3.44. The van der Waals surface area contributed by atoms with Crippen molar-refractivity contribution in [2.45, 2.75) is 32.7 Å². The quantitative estimate of drug-likeness (QED) is 0.717. The van der Waals surface area contributed by atoms with E-state index in [2.05, 4.69) is 52.8 Å². The Morgan fingerprint density at radius 2 is 2.15 bits per heavy atom. The van der Waals surface area contributed by atoms with Crippen LogP contribution in [0.4, 0.5) is 0 Å². The minimum absolute atomic E-state index is 0.242. The highest BCUT2D eigenvalue weighted by Gasteiger charge is 2.17. The number of imidazole rings is 1. The molecule has 0 amide bonds. The monoisotopic (exact) mass is 287 g/mol. The van der Waals surface area contributed by atoms with Crippen LogP contribution in [0.2, 0.25) is 0 Å². The zero-order valence-electron chi connectivity index (χ0n) is 11.8. The molecule has 0 bridgehead atoms. The van der Waals surface area contributed by atoms with Gasteiger partial charge >= 0.3 is 0 Å². The van der Waals surface area contributed by atoms with Gasteiger partial charge < -0.3 is 8.98 Å². The zero-order valence-corrected chi connectivity index (χ0v) is 12.6. The van der Waals surface area contributed by atoms with Gasteiger partial charge in [0.25, 0.3) is 0 Å². The normalized spacial score (nSPS) is 13.0. The van der Waals surface area contributed by atoms with Crippen LogP contribution in [-0.2, 0) is 0 Å². The van der Waals surface area contributed by atoms with Crippen molar-refractivity contribution < 1.29 is 4.42 Å². The maximum absolute atomic E-state index is 5.51. The van der Waals surface area contributed by atoms with Crippen molar-refractivity contribution in [2.75, 3.05) is 0 Å². The number of thiophene rings is 1. The molecule has 5 heteroatoms. The topological polar surface area (TPSA) is 43.9 Å². The zero-order chi connectivity index (χ0) is 14.1. The Labute approximate surface area is 122 Å². The molecule has 1 atom stereocenters. The molecule has 0 aliphatic carbocycles. The lowest BCUT2D eigenvalue weighted by Gasteiger charge is -2.13. The molecule has 3 heterocycles. The minimum Gasteiger partial charge on any atom is -0.448 e. The predicted octanol–water partition coefficient (Wildman–Crippen LogP) is 4.33. The molecule has 4 nitrogen and oxygen atoms in total. The van der Waals surface area contributed by atoms with Gasteiger partial charge in [-0.15, -0.1) is 11.3 Å². The SMILES string of the molecule is CC(C)c1nc(-c2nccn2C(C)c2cccs2)co1. The van der Waals surface area contributed by atoms with E-state index in [1.165, 1.54) is 4.88 Å². The second-order valence-corrected chi connectivity index (χ2v) is 6.05. The van der Waals surface area contributed by atoms with Crippen molar-refractivity contribution in [1.82, 2.24) is 14.5 Å². The van der Waals surface area contributed by atoms with Gasteiger partial charge in [0.15, 0.2) is 11.7 Å². The standard InChI is InChI=1S/C15H17N3OS/c1-10(2)15-17-12(9-19-15)14-16-6-7-18(14)11(3)13-5-4-8-20-13/h4-11H,1-3H3. The van der Waals surface area contributed by atoms with E-state index >= 15 is 0 Å². The summed E-state index contributed by atoms with van der Waals surface area (Å²) in [4.78, 5) is 10.3. The molecule has 0 aromatic carbocycles. The van der Waals surface area contributed by atoms with Gasteiger partial charge in [-0.25, -0.2) is 9.97 Å². The average Bonchev–Trinajstić information content (AvgIpc) is 3.17. The summed E-state index contributed by atoms with van der Waals surface area (Å²) < 4.78 is 7.65. The average molecular weight is 287 g/mol. The summed E-state index contributed by atoms with van der Waals surface area (Å²) >= 11 is 1.75. The van der Waals surface area contributed by atoms with Crippen molar-refractivity contribution in [2.24, 2.45) is 0 Å². The first-order valence-electron chi connectivity index (χ1n) is 6.69. The predicted molar refractivity (Wildman–Crippen MR) is 79.9 cm³/mol. The van der Waals surface area contributed by atoms with E-state index in [0.29, 0.717) is 0 Å². The molecule has 1 unspecified atom stereocenters. The maximum Gasteiger partial charge on any atom is 0.197 e. The van der Waals surface area contributed by atoms with Crippen LogP contribution in [0, 0.1) is 0 Å². The van der Waals surface area contributed by atoms with E-state index in [-0.39, 0.29) is 12.0 Å². The number of hydrogen-bond donors (Lipinski definition) is 0. The van der Waals surface area contributed by atoms with Crippen molar-refractivity contribution in [3.8, 4) is 11.5 Å². The van der Waals surface area contributed by atoms with Gasteiger partial charge in [-0.05, 0) is 18.4 Å². The number of oxazole rings is 1. The Hall–Kier alpha value is -1.88. The third-order valence-corrected chi connectivity index (χ3v) is 4.33. The number of hydrogen-bond acceptors (Lipinski definition) is 4. The Bertz CT molecular complexity index is 682. The molecule has 0 fully saturated rings.